The zero-order valence-corrected chi connectivity index (χ0v) is 12.8. The lowest BCUT2D eigenvalue weighted by Gasteiger charge is -2.23. The molecule has 0 aromatic heterocycles. The summed E-state index contributed by atoms with van der Waals surface area (Å²) in [5, 5.41) is 0. The summed E-state index contributed by atoms with van der Waals surface area (Å²) in [6.45, 7) is 1.38. The van der Waals surface area contributed by atoms with E-state index in [0.29, 0.717) is 24.3 Å². The van der Waals surface area contributed by atoms with E-state index >= 15 is 0 Å². The third-order valence-corrected chi connectivity index (χ3v) is 3.69. The first-order valence-corrected chi connectivity index (χ1v) is 7.00. The maximum absolute atomic E-state index is 12.8. The largest absolute Gasteiger partial charge is 0.399 e. The van der Waals surface area contributed by atoms with Gasteiger partial charge in [0.2, 0.25) is 5.91 Å². The van der Waals surface area contributed by atoms with Gasteiger partial charge in [-0.25, -0.2) is 0 Å². The lowest BCUT2D eigenvalue weighted by molar-refractivity contribution is -0.129. The van der Waals surface area contributed by atoms with Crippen LogP contribution in [0.15, 0.2) is 18.2 Å². The van der Waals surface area contributed by atoms with E-state index in [9.17, 15) is 9.59 Å². The number of nitrogens with two attached hydrogens (primary N) is 1. The fourth-order valence-electron chi connectivity index (χ4n) is 2.45. The number of amides is 2. The van der Waals surface area contributed by atoms with Crippen molar-refractivity contribution in [2.75, 3.05) is 51.4 Å². The Bertz CT molecular complexity index is 557. The van der Waals surface area contributed by atoms with Crippen molar-refractivity contribution in [1.82, 2.24) is 9.80 Å². The maximum Gasteiger partial charge on any atom is 0.256 e. The van der Waals surface area contributed by atoms with Crippen LogP contribution < -0.4 is 10.6 Å². The number of benzene rings is 1. The second-order valence-electron chi connectivity index (χ2n) is 5.57. The molecule has 2 N–H and O–H groups in total. The van der Waals surface area contributed by atoms with Gasteiger partial charge >= 0.3 is 0 Å². The lowest BCUT2D eigenvalue weighted by Crippen LogP contribution is -2.38. The molecule has 0 unspecified atom stereocenters. The van der Waals surface area contributed by atoms with Crippen molar-refractivity contribution >= 4 is 23.2 Å². The van der Waals surface area contributed by atoms with Gasteiger partial charge in [0.05, 0.1) is 5.56 Å². The Labute approximate surface area is 125 Å². The third kappa shape index (κ3) is 3.26. The fourth-order valence-corrected chi connectivity index (χ4v) is 2.45. The van der Waals surface area contributed by atoms with E-state index in [2.05, 4.69) is 0 Å². The van der Waals surface area contributed by atoms with Gasteiger partial charge in [0, 0.05) is 45.6 Å². The molecule has 0 bridgehead atoms. The van der Waals surface area contributed by atoms with Crippen LogP contribution in [0.25, 0.3) is 0 Å². The second-order valence-corrected chi connectivity index (χ2v) is 5.57. The standard InChI is InChI=1S/C15H22N4O2/c1-17(2)13-6-5-11(16)9-12(13)15(21)19-8-4-7-18(3)14(20)10-19/h5-6,9H,4,7-8,10,16H2,1-3H3. The molecule has 1 aromatic carbocycles. The molecule has 0 aliphatic carbocycles. The van der Waals surface area contributed by atoms with E-state index in [-0.39, 0.29) is 18.4 Å². The van der Waals surface area contributed by atoms with Gasteiger partial charge in [-0.05, 0) is 24.6 Å². The monoisotopic (exact) mass is 290 g/mol. The van der Waals surface area contributed by atoms with Crippen LogP contribution in [0.4, 0.5) is 11.4 Å². The van der Waals surface area contributed by atoms with Gasteiger partial charge in [0.1, 0.15) is 6.54 Å². The van der Waals surface area contributed by atoms with Gasteiger partial charge in [-0.1, -0.05) is 0 Å². The summed E-state index contributed by atoms with van der Waals surface area (Å²) >= 11 is 0. The summed E-state index contributed by atoms with van der Waals surface area (Å²) < 4.78 is 0. The molecule has 1 saturated heterocycles. The van der Waals surface area contributed by atoms with Gasteiger partial charge in [0.25, 0.3) is 5.91 Å². The third-order valence-electron chi connectivity index (χ3n) is 3.69. The summed E-state index contributed by atoms with van der Waals surface area (Å²) in [4.78, 5) is 29.8. The van der Waals surface area contributed by atoms with Crippen LogP contribution in [-0.4, -0.2) is 62.4 Å². The predicted molar refractivity (Wildman–Crippen MR) is 83.3 cm³/mol. The second kappa shape index (κ2) is 6.03. The zero-order chi connectivity index (χ0) is 15.6. The Balaban J connectivity index is 2.31. The van der Waals surface area contributed by atoms with Crippen molar-refractivity contribution in [2.45, 2.75) is 6.42 Å². The van der Waals surface area contributed by atoms with Crippen LogP contribution in [0.5, 0.6) is 0 Å². The lowest BCUT2D eigenvalue weighted by atomic mass is 10.1. The number of hydrogen-bond acceptors (Lipinski definition) is 4. The highest BCUT2D eigenvalue weighted by atomic mass is 16.2. The van der Waals surface area contributed by atoms with E-state index in [0.717, 1.165) is 12.1 Å². The van der Waals surface area contributed by atoms with Crippen LogP contribution in [0, 0.1) is 0 Å². The van der Waals surface area contributed by atoms with Crippen LogP contribution >= 0.6 is 0 Å². The van der Waals surface area contributed by atoms with E-state index in [1.807, 2.05) is 25.1 Å². The van der Waals surface area contributed by atoms with Crippen molar-refractivity contribution in [3.05, 3.63) is 23.8 Å². The molecule has 6 nitrogen and oxygen atoms in total. The molecule has 2 rings (SSSR count). The molecule has 6 heteroatoms. The Morgan fingerprint density at radius 1 is 1.29 bits per heavy atom. The summed E-state index contributed by atoms with van der Waals surface area (Å²) in [7, 11) is 5.52. The van der Waals surface area contributed by atoms with Crippen molar-refractivity contribution in [2.24, 2.45) is 0 Å². The number of rotatable bonds is 2. The zero-order valence-electron chi connectivity index (χ0n) is 12.8. The fraction of sp³-hybridized carbons (Fsp3) is 0.467. The minimum atomic E-state index is -0.144. The smallest absolute Gasteiger partial charge is 0.256 e. The van der Waals surface area contributed by atoms with Gasteiger partial charge in [-0.2, -0.15) is 0 Å². The molecule has 2 amide bonds. The van der Waals surface area contributed by atoms with Crippen LogP contribution in [0.3, 0.4) is 0 Å². The molecule has 114 valence electrons. The quantitative estimate of drug-likeness (QED) is 0.812. The molecule has 1 aliphatic rings. The number of nitrogens with zero attached hydrogens (tertiary/aromatic N) is 3. The minimum Gasteiger partial charge on any atom is -0.399 e. The van der Waals surface area contributed by atoms with Crippen molar-refractivity contribution < 1.29 is 9.59 Å². The van der Waals surface area contributed by atoms with E-state index in [4.69, 9.17) is 5.73 Å². The molecular formula is C15H22N4O2. The van der Waals surface area contributed by atoms with Gasteiger partial charge in [-0.15, -0.1) is 0 Å². The van der Waals surface area contributed by atoms with Gasteiger partial charge in [0.15, 0.2) is 0 Å². The number of carbonyl (C=O) groups is 2. The summed E-state index contributed by atoms with van der Waals surface area (Å²) in [5.74, 6) is -0.175. The molecule has 21 heavy (non-hydrogen) atoms. The Morgan fingerprint density at radius 2 is 2.00 bits per heavy atom. The molecule has 1 fully saturated rings. The SMILES string of the molecule is CN1CCCN(C(=O)c2cc(N)ccc2N(C)C)CC1=O. The minimum absolute atomic E-state index is 0.0313. The molecule has 1 aromatic rings. The number of hydrogen-bond donors (Lipinski definition) is 1. The molecule has 1 heterocycles. The predicted octanol–water partition coefficient (Wildman–Crippen LogP) is 0.639. The van der Waals surface area contributed by atoms with E-state index in [1.54, 1.807) is 29.0 Å². The molecular weight excluding hydrogens is 268 g/mol. The summed E-state index contributed by atoms with van der Waals surface area (Å²) in [5.41, 5.74) is 7.70. The molecule has 0 atom stereocenters. The number of likely N-dealkylation sites (N-methyl/N-ethyl adjacent to an activating group) is 1. The van der Waals surface area contributed by atoms with E-state index in [1.165, 1.54) is 0 Å². The highest BCUT2D eigenvalue weighted by molar-refractivity contribution is 6.02. The van der Waals surface area contributed by atoms with Crippen LogP contribution in [-0.2, 0) is 4.79 Å². The van der Waals surface area contributed by atoms with Gasteiger partial charge in [-0.3, -0.25) is 9.59 Å². The van der Waals surface area contributed by atoms with Gasteiger partial charge < -0.3 is 20.4 Å². The maximum atomic E-state index is 12.8. The first-order valence-electron chi connectivity index (χ1n) is 7.00. The van der Waals surface area contributed by atoms with Crippen molar-refractivity contribution in [3.63, 3.8) is 0 Å². The number of nitrogen functional groups attached to an aromatic ring is 1. The Kier molecular flexibility index (Phi) is 4.35. The first-order chi connectivity index (χ1) is 9.90. The number of carbonyl (C=O) groups excluding carboxylic acids is 2. The van der Waals surface area contributed by atoms with Crippen LogP contribution in [0.2, 0.25) is 0 Å². The van der Waals surface area contributed by atoms with Crippen molar-refractivity contribution in [3.8, 4) is 0 Å². The highest BCUT2D eigenvalue weighted by Crippen LogP contribution is 2.23. The van der Waals surface area contributed by atoms with Crippen LogP contribution in [0.1, 0.15) is 16.8 Å². The van der Waals surface area contributed by atoms with E-state index < -0.39 is 0 Å². The Morgan fingerprint density at radius 3 is 2.67 bits per heavy atom. The molecule has 0 radical (unpaired) electrons. The summed E-state index contributed by atoms with van der Waals surface area (Å²) in [6.07, 6.45) is 0.785. The average molecular weight is 290 g/mol. The molecule has 1 aliphatic heterocycles. The topological polar surface area (TPSA) is 69.9 Å². The first kappa shape index (κ1) is 15.2. The molecule has 0 saturated carbocycles. The average Bonchev–Trinajstić information content (AvgIpc) is 2.60. The molecule has 0 spiro atoms. The number of anilines is 2. The van der Waals surface area contributed by atoms with Crippen molar-refractivity contribution in [1.29, 1.82) is 0 Å². The highest BCUT2D eigenvalue weighted by Gasteiger charge is 2.25. The normalized spacial score (nSPS) is 15.9. The Hall–Kier alpha value is -2.24. The summed E-state index contributed by atoms with van der Waals surface area (Å²) in [6, 6.07) is 5.28.